The van der Waals surface area contributed by atoms with Gasteiger partial charge in [-0.2, -0.15) is 0 Å². The molecular formula is C29H34N6O3. The number of nitrogen functional groups attached to an aromatic ring is 1. The van der Waals surface area contributed by atoms with Crippen LogP contribution in [0, 0.1) is 0 Å². The second kappa shape index (κ2) is 9.98. The SMILES string of the molecule is COc1cc2nc(C(C)(c3ccc[nH]3)C3(c4ccccc4)CCN(C(=O)CN)CC3)nc(N)c2cc1OC. The molecule has 1 aliphatic rings. The van der Waals surface area contributed by atoms with Crippen molar-refractivity contribution < 1.29 is 14.3 Å². The zero-order valence-corrected chi connectivity index (χ0v) is 22.0. The Bertz CT molecular complexity index is 1430. The van der Waals surface area contributed by atoms with Crippen LogP contribution in [-0.4, -0.2) is 59.6 Å². The number of benzene rings is 2. The van der Waals surface area contributed by atoms with E-state index in [2.05, 4.69) is 42.2 Å². The summed E-state index contributed by atoms with van der Waals surface area (Å²) in [7, 11) is 3.18. The number of carbonyl (C=O) groups is 1. The van der Waals surface area contributed by atoms with Crippen LogP contribution in [0.2, 0.25) is 0 Å². The average Bonchev–Trinajstić information content (AvgIpc) is 3.51. The molecule has 0 spiro atoms. The monoisotopic (exact) mass is 514 g/mol. The Hall–Kier alpha value is -4.11. The third-order valence-electron chi connectivity index (χ3n) is 8.24. The topological polar surface area (TPSA) is 132 Å². The van der Waals surface area contributed by atoms with Crippen molar-refractivity contribution >= 4 is 22.6 Å². The van der Waals surface area contributed by atoms with E-state index in [-0.39, 0.29) is 12.5 Å². The highest BCUT2D eigenvalue weighted by Gasteiger charge is 2.55. The first kappa shape index (κ1) is 25.5. The highest BCUT2D eigenvalue weighted by atomic mass is 16.5. The quantitative estimate of drug-likeness (QED) is 0.344. The molecule has 38 heavy (non-hydrogen) atoms. The van der Waals surface area contributed by atoms with E-state index in [0.717, 1.165) is 11.3 Å². The number of likely N-dealkylation sites (tertiary alicyclic amines) is 1. The molecule has 1 amide bonds. The van der Waals surface area contributed by atoms with Crippen LogP contribution >= 0.6 is 0 Å². The summed E-state index contributed by atoms with van der Waals surface area (Å²) in [5.41, 5.74) is 13.9. The fourth-order valence-electron chi connectivity index (χ4n) is 6.04. The molecule has 5 N–H and O–H groups in total. The van der Waals surface area contributed by atoms with Gasteiger partial charge in [-0.25, -0.2) is 9.97 Å². The summed E-state index contributed by atoms with van der Waals surface area (Å²) in [6.45, 7) is 3.33. The number of anilines is 1. The van der Waals surface area contributed by atoms with E-state index in [9.17, 15) is 4.79 Å². The Balaban J connectivity index is 1.76. The third kappa shape index (κ3) is 3.94. The van der Waals surface area contributed by atoms with Crippen molar-refractivity contribution in [2.75, 3.05) is 39.6 Å². The standard InChI is InChI=1S/C29H34N6O3/c1-28(24-10-7-13-32-24,27-33-21-17-23(38-3)22(37-2)16-20(21)26(31)34-27)29(19-8-5-4-6-9-19)11-14-35(15-12-29)25(36)18-30/h4-10,13,16-17,32H,11-12,14-15,18,30H2,1-3H3,(H2,31,33,34). The molecule has 1 aliphatic heterocycles. The summed E-state index contributed by atoms with van der Waals surface area (Å²) in [6, 6.07) is 18.1. The first-order valence-electron chi connectivity index (χ1n) is 12.7. The Labute approximate surface area is 222 Å². The minimum Gasteiger partial charge on any atom is -0.493 e. The fraction of sp³-hybridized carbons (Fsp3) is 0.345. The molecule has 0 radical (unpaired) electrons. The summed E-state index contributed by atoms with van der Waals surface area (Å²) < 4.78 is 11.0. The van der Waals surface area contributed by atoms with Gasteiger partial charge in [0.05, 0.1) is 31.7 Å². The molecule has 1 saturated heterocycles. The number of ether oxygens (including phenoxy) is 2. The fourth-order valence-corrected chi connectivity index (χ4v) is 6.04. The first-order valence-corrected chi connectivity index (χ1v) is 12.7. The number of H-pyrrole nitrogens is 1. The van der Waals surface area contributed by atoms with E-state index in [1.807, 2.05) is 35.4 Å². The molecule has 2 aromatic heterocycles. The molecule has 3 heterocycles. The molecule has 4 aromatic rings. The van der Waals surface area contributed by atoms with Gasteiger partial charge in [-0.15, -0.1) is 0 Å². The van der Waals surface area contributed by atoms with Crippen LogP contribution < -0.4 is 20.9 Å². The lowest BCUT2D eigenvalue weighted by Gasteiger charge is -2.52. The summed E-state index contributed by atoms with van der Waals surface area (Å²) >= 11 is 0. The lowest BCUT2D eigenvalue weighted by molar-refractivity contribution is -0.131. The Morgan fingerprint density at radius 1 is 1.05 bits per heavy atom. The van der Waals surface area contributed by atoms with Gasteiger partial charge in [-0.3, -0.25) is 4.79 Å². The molecule has 0 aliphatic carbocycles. The lowest BCUT2D eigenvalue weighted by Crippen LogP contribution is -2.56. The van der Waals surface area contributed by atoms with Crippen LogP contribution in [-0.2, 0) is 15.6 Å². The molecule has 0 saturated carbocycles. The lowest BCUT2D eigenvalue weighted by atomic mass is 9.54. The molecule has 9 heteroatoms. The molecule has 1 atom stereocenters. The molecule has 9 nitrogen and oxygen atoms in total. The predicted octanol–water partition coefficient (Wildman–Crippen LogP) is 3.38. The van der Waals surface area contributed by atoms with E-state index >= 15 is 0 Å². The molecular weight excluding hydrogens is 480 g/mol. The highest BCUT2D eigenvalue weighted by Crippen LogP contribution is 2.53. The number of piperidine rings is 1. The van der Waals surface area contributed by atoms with Crippen molar-refractivity contribution in [1.29, 1.82) is 0 Å². The van der Waals surface area contributed by atoms with Gasteiger partial charge >= 0.3 is 0 Å². The van der Waals surface area contributed by atoms with E-state index in [0.29, 0.717) is 60.0 Å². The highest BCUT2D eigenvalue weighted by molar-refractivity contribution is 5.91. The first-order chi connectivity index (χ1) is 18.4. The maximum atomic E-state index is 12.5. The Kier molecular flexibility index (Phi) is 6.71. The van der Waals surface area contributed by atoms with Gasteiger partial charge in [-0.05, 0) is 43.5 Å². The minimum atomic E-state index is -0.717. The maximum Gasteiger partial charge on any atom is 0.236 e. The van der Waals surface area contributed by atoms with E-state index in [1.54, 1.807) is 14.2 Å². The number of hydrogen-bond donors (Lipinski definition) is 3. The van der Waals surface area contributed by atoms with Gasteiger partial charge in [0.15, 0.2) is 11.5 Å². The third-order valence-corrected chi connectivity index (χ3v) is 8.24. The number of nitrogens with two attached hydrogens (primary N) is 2. The van der Waals surface area contributed by atoms with Crippen LogP contribution in [0.5, 0.6) is 11.5 Å². The number of amides is 1. The molecule has 0 bridgehead atoms. The number of nitrogens with one attached hydrogen (secondary N) is 1. The molecule has 5 rings (SSSR count). The smallest absolute Gasteiger partial charge is 0.236 e. The van der Waals surface area contributed by atoms with E-state index < -0.39 is 10.8 Å². The van der Waals surface area contributed by atoms with E-state index in [1.165, 1.54) is 0 Å². The Morgan fingerprint density at radius 2 is 1.74 bits per heavy atom. The van der Waals surface area contributed by atoms with Crippen LogP contribution in [0.4, 0.5) is 5.82 Å². The van der Waals surface area contributed by atoms with Gasteiger partial charge in [0, 0.05) is 41.8 Å². The van der Waals surface area contributed by atoms with Gasteiger partial charge in [-0.1, -0.05) is 30.3 Å². The summed E-state index contributed by atoms with van der Waals surface area (Å²) in [5, 5.41) is 0.692. The van der Waals surface area contributed by atoms with Crippen molar-refractivity contribution in [2.45, 2.75) is 30.6 Å². The maximum absolute atomic E-state index is 12.5. The number of aromatic nitrogens is 3. The zero-order valence-electron chi connectivity index (χ0n) is 22.0. The average molecular weight is 515 g/mol. The Morgan fingerprint density at radius 3 is 2.34 bits per heavy atom. The van der Waals surface area contributed by atoms with Crippen LogP contribution in [0.3, 0.4) is 0 Å². The molecule has 1 unspecified atom stereocenters. The van der Waals surface area contributed by atoms with Crippen molar-refractivity contribution in [3.8, 4) is 11.5 Å². The molecule has 198 valence electrons. The van der Waals surface area contributed by atoms with Crippen molar-refractivity contribution in [3.05, 3.63) is 77.9 Å². The molecule has 2 aromatic carbocycles. The number of nitrogens with zero attached hydrogens (tertiary/aromatic N) is 3. The molecule has 1 fully saturated rings. The predicted molar refractivity (Wildman–Crippen MR) is 147 cm³/mol. The van der Waals surface area contributed by atoms with E-state index in [4.69, 9.17) is 30.9 Å². The second-order valence-corrected chi connectivity index (χ2v) is 9.90. The van der Waals surface area contributed by atoms with Crippen molar-refractivity contribution in [3.63, 3.8) is 0 Å². The second-order valence-electron chi connectivity index (χ2n) is 9.90. The minimum absolute atomic E-state index is 0.00183. The van der Waals surface area contributed by atoms with Gasteiger partial charge < -0.3 is 30.8 Å². The van der Waals surface area contributed by atoms with Gasteiger partial charge in [0.2, 0.25) is 5.91 Å². The summed E-state index contributed by atoms with van der Waals surface area (Å²) in [6.07, 6.45) is 3.31. The summed E-state index contributed by atoms with van der Waals surface area (Å²) in [4.78, 5) is 27.8. The number of carbonyl (C=O) groups excluding carboxylic acids is 1. The normalized spacial score (nSPS) is 16.7. The van der Waals surface area contributed by atoms with Gasteiger partial charge in [0.1, 0.15) is 11.6 Å². The van der Waals surface area contributed by atoms with Crippen LogP contribution in [0.1, 0.15) is 36.8 Å². The number of fused-ring (bicyclic) bond motifs is 1. The number of aromatic amines is 1. The van der Waals surface area contributed by atoms with Crippen molar-refractivity contribution in [1.82, 2.24) is 19.9 Å². The van der Waals surface area contributed by atoms with Gasteiger partial charge in [0.25, 0.3) is 0 Å². The number of methoxy groups -OCH3 is 2. The number of hydrogen-bond acceptors (Lipinski definition) is 7. The van der Waals surface area contributed by atoms with Crippen LogP contribution in [0.15, 0.2) is 60.8 Å². The largest absolute Gasteiger partial charge is 0.493 e. The summed E-state index contributed by atoms with van der Waals surface area (Å²) in [5.74, 6) is 2.05. The zero-order chi connectivity index (χ0) is 26.9. The number of rotatable bonds is 7. The van der Waals surface area contributed by atoms with Crippen molar-refractivity contribution in [2.24, 2.45) is 5.73 Å². The van der Waals surface area contributed by atoms with Crippen LogP contribution in [0.25, 0.3) is 10.9 Å².